The molecule has 1 aliphatic heterocycles. The predicted molar refractivity (Wildman–Crippen MR) is 108 cm³/mol. The van der Waals surface area contributed by atoms with Crippen LogP contribution in [0.25, 0.3) is 10.9 Å². The molecule has 0 saturated carbocycles. The molecule has 1 aliphatic rings. The fourth-order valence-corrected chi connectivity index (χ4v) is 3.37. The Kier molecular flexibility index (Phi) is 4.65. The molecule has 0 atom stereocenters. The molecule has 0 spiro atoms. The first-order valence-corrected chi connectivity index (χ1v) is 9.47. The topological polar surface area (TPSA) is 65.7 Å². The number of nitrogens with zero attached hydrogens (tertiary/aromatic N) is 3. The van der Waals surface area contributed by atoms with Crippen LogP contribution in [0, 0.1) is 0 Å². The second kappa shape index (κ2) is 6.98. The van der Waals surface area contributed by atoms with Gasteiger partial charge in [0, 0.05) is 22.0 Å². The number of ether oxygens (including phenoxy) is 2. The van der Waals surface area contributed by atoms with E-state index in [2.05, 4.69) is 26.0 Å². The van der Waals surface area contributed by atoms with Crippen LogP contribution in [0.3, 0.4) is 0 Å². The lowest BCUT2D eigenvalue weighted by atomic mass is 10.2. The molecule has 0 aliphatic carbocycles. The predicted octanol–water partition coefficient (Wildman–Crippen LogP) is 4.55. The van der Waals surface area contributed by atoms with Gasteiger partial charge in [0.1, 0.15) is 5.82 Å². The van der Waals surface area contributed by atoms with E-state index < -0.39 is 0 Å². The summed E-state index contributed by atoms with van der Waals surface area (Å²) in [6.45, 7) is 4.09. The standard InChI is InChI=1S/C19H15BrClN3O3/c1-10(2)18-23-15-4-3-12(20)6-13(15)19(25)24(18)22-8-11-5-16-17(7-14(11)21)27-9-26-16/h3-8,10H,9H2,1-2H3. The van der Waals surface area contributed by atoms with Crippen LogP contribution in [0.15, 0.2) is 44.7 Å². The van der Waals surface area contributed by atoms with Gasteiger partial charge in [-0.3, -0.25) is 4.79 Å². The lowest BCUT2D eigenvalue weighted by Gasteiger charge is -2.12. The van der Waals surface area contributed by atoms with Crippen molar-refractivity contribution in [1.29, 1.82) is 0 Å². The molecule has 0 unspecified atom stereocenters. The number of fused-ring (bicyclic) bond motifs is 2. The van der Waals surface area contributed by atoms with Crippen molar-refractivity contribution in [2.75, 3.05) is 6.79 Å². The molecule has 27 heavy (non-hydrogen) atoms. The molecule has 0 N–H and O–H groups in total. The molecule has 4 rings (SSSR count). The van der Waals surface area contributed by atoms with E-state index in [0.29, 0.717) is 38.8 Å². The zero-order valence-electron chi connectivity index (χ0n) is 14.6. The molecule has 2 heterocycles. The lowest BCUT2D eigenvalue weighted by Crippen LogP contribution is -2.23. The van der Waals surface area contributed by atoms with Gasteiger partial charge in [-0.25, -0.2) is 4.98 Å². The summed E-state index contributed by atoms with van der Waals surface area (Å²) in [6.07, 6.45) is 1.53. The molecule has 2 aromatic carbocycles. The third-order valence-corrected chi connectivity index (χ3v) is 4.97. The molecular weight excluding hydrogens is 434 g/mol. The smallest absolute Gasteiger partial charge is 0.282 e. The SMILES string of the molecule is CC(C)c1nc2ccc(Br)cc2c(=O)n1N=Cc1cc2c(cc1Cl)OCO2. The maximum Gasteiger partial charge on any atom is 0.282 e. The Labute approximate surface area is 168 Å². The van der Waals surface area contributed by atoms with Crippen molar-refractivity contribution in [1.82, 2.24) is 9.66 Å². The van der Waals surface area contributed by atoms with E-state index in [-0.39, 0.29) is 18.3 Å². The van der Waals surface area contributed by atoms with E-state index >= 15 is 0 Å². The second-order valence-electron chi connectivity index (χ2n) is 6.37. The first-order valence-electron chi connectivity index (χ1n) is 8.30. The molecule has 1 aromatic heterocycles. The largest absolute Gasteiger partial charge is 0.454 e. The molecule has 0 amide bonds. The van der Waals surface area contributed by atoms with Crippen molar-refractivity contribution in [3.63, 3.8) is 0 Å². The summed E-state index contributed by atoms with van der Waals surface area (Å²) >= 11 is 9.69. The minimum Gasteiger partial charge on any atom is -0.454 e. The van der Waals surface area contributed by atoms with E-state index in [9.17, 15) is 4.79 Å². The average Bonchev–Trinajstić information content (AvgIpc) is 3.08. The minimum atomic E-state index is -0.238. The molecular formula is C19H15BrClN3O3. The van der Waals surface area contributed by atoms with Gasteiger partial charge in [0.05, 0.1) is 22.1 Å². The number of hydrogen-bond donors (Lipinski definition) is 0. The van der Waals surface area contributed by atoms with E-state index in [4.69, 9.17) is 21.1 Å². The maximum atomic E-state index is 13.0. The van der Waals surface area contributed by atoms with Gasteiger partial charge in [0.25, 0.3) is 5.56 Å². The van der Waals surface area contributed by atoms with Crippen LogP contribution >= 0.6 is 27.5 Å². The van der Waals surface area contributed by atoms with Gasteiger partial charge in [0.15, 0.2) is 11.5 Å². The van der Waals surface area contributed by atoms with Crippen LogP contribution in [0.5, 0.6) is 11.5 Å². The molecule has 8 heteroatoms. The Bertz CT molecular complexity index is 1140. The highest BCUT2D eigenvalue weighted by Crippen LogP contribution is 2.36. The molecule has 0 bridgehead atoms. The Hall–Kier alpha value is -2.38. The number of benzene rings is 2. The van der Waals surface area contributed by atoms with Crippen LogP contribution in [0.1, 0.15) is 31.2 Å². The highest BCUT2D eigenvalue weighted by Gasteiger charge is 2.17. The summed E-state index contributed by atoms with van der Waals surface area (Å²) in [5, 5.41) is 5.33. The third-order valence-electron chi connectivity index (χ3n) is 4.15. The van der Waals surface area contributed by atoms with Gasteiger partial charge < -0.3 is 9.47 Å². The van der Waals surface area contributed by atoms with Crippen LogP contribution in [0.4, 0.5) is 0 Å². The van der Waals surface area contributed by atoms with Crippen LogP contribution < -0.4 is 15.0 Å². The minimum absolute atomic E-state index is 0.00937. The normalized spacial score (nSPS) is 13.2. The quantitative estimate of drug-likeness (QED) is 0.552. The summed E-state index contributed by atoms with van der Waals surface area (Å²) in [7, 11) is 0. The van der Waals surface area contributed by atoms with Gasteiger partial charge >= 0.3 is 0 Å². The Morgan fingerprint density at radius 1 is 1.26 bits per heavy atom. The highest BCUT2D eigenvalue weighted by molar-refractivity contribution is 9.10. The summed E-state index contributed by atoms with van der Waals surface area (Å²) in [5.41, 5.74) is 1.02. The van der Waals surface area contributed by atoms with E-state index in [1.54, 1.807) is 18.2 Å². The monoisotopic (exact) mass is 447 g/mol. The van der Waals surface area contributed by atoms with Crippen molar-refractivity contribution >= 4 is 44.6 Å². The van der Waals surface area contributed by atoms with Gasteiger partial charge in [0.2, 0.25) is 6.79 Å². The summed E-state index contributed by atoms with van der Waals surface area (Å²) in [6, 6.07) is 8.83. The van der Waals surface area contributed by atoms with Crippen LogP contribution in [-0.2, 0) is 0 Å². The van der Waals surface area contributed by atoms with Crippen LogP contribution in [0.2, 0.25) is 5.02 Å². The lowest BCUT2D eigenvalue weighted by molar-refractivity contribution is 0.174. The average molecular weight is 449 g/mol. The van der Waals surface area contributed by atoms with Gasteiger partial charge in [-0.1, -0.05) is 41.4 Å². The third kappa shape index (κ3) is 3.33. The van der Waals surface area contributed by atoms with E-state index in [0.717, 1.165) is 4.47 Å². The maximum absolute atomic E-state index is 13.0. The number of halogens is 2. The van der Waals surface area contributed by atoms with Crippen LogP contribution in [-0.4, -0.2) is 22.7 Å². The summed E-state index contributed by atoms with van der Waals surface area (Å²) in [4.78, 5) is 17.6. The first kappa shape index (κ1) is 18.0. The number of rotatable bonds is 3. The van der Waals surface area contributed by atoms with Gasteiger partial charge in [-0.2, -0.15) is 9.78 Å². The van der Waals surface area contributed by atoms with Crippen molar-refractivity contribution in [3.05, 3.63) is 61.6 Å². The molecule has 0 radical (unpaired) electrons. The first-order chi connectivity index (χ1) is 12.9. The Balaban J connectivity index is 1.86. The number of aromatic nitrogens is 2. The van der Waals surface area contributed by atoms with E-state index in [1.807, 2.05) is 26.0 Å². The van der Waals surface area contributed by atoms with Gasteiger partial charge in [-0.05, 0) is 24.3 Å². The van der Waals surface area contributed by atoms with Crippen molar-refractivity contribution < 1.29 is 9.47 Å². The Morgan fingerprint density at radius 2 is 2.00 bits per heavy atom. The van der Waals surface area contributed by atoms with Crippen molar-refractivity contribution in [2.24, 2.45) is 5.10 Å². The molecule has 0 saturated heterocycles. The summed E-state index contributed by atoms with van der Waals surface area (Å²) in [5.74, 6) is 1.77. The fourth-order valence-electron chi connectivity index (χ4n) is 2.80. The molecule has 6 nitrogen and oxygen atoms in total. The fraction of sp³-hybridized carbons (Fsp3) is 0.211. The number of hydrogen-bond acceptors (Lipinski definition) is 5. The van der Waals surface area contributed by atoms with Gasteiger partial charge in [-0.15, -0.1) is 0 Å². The van der Waals surface area contributed by atoms with Crippen molar-refractivity contribution in [2.45, 2.75) is 19.8 Å². The molecule has 138 valence electrons. The summed E-state index contributed by atoms with van der Waals surface area (Å²) < 4.78 is 12.8. The van der Waals surface area contributed by atoms with Crippen molar-refractivity contribution in [3.8, 4) is 11.5 Å². The zero-order valence-corrected chi connectivity index (χ0v) is 16.9. The van der Waals surface area contributed by atoms with E-state index in [1.165, 1.54) is 10.9 Å². The highest BCUT2D eigenvalue weighted by atomic mass is 79.9. The second-order valence-corrected chi connectivity index (χ2v) is 7.70. The zero-order chi connectivity index (χ0) is 19.1. The molecule has 0 fully saturated rings. The Morgan fingerprint density at radius 3 is 2.74 bits per heavy atom. The molecule has 3 aromatic rings.